The number of nitrogens with zero attached hydrogens (tertiary/aromatic N) is 7. The van der Waals surface area contributed by atoms with Gasteiger partial charge in [-0.05, 0) is 88.5 Å². The van der Waals surface area contributed by atoms with E-state index in [1.165, 1.54) is 36.4 Å². The molecule has 2 aromatic heterocycles. The van der Waals surface area contributed by atoms with Crippen molar-refractivity contribution in [1.82, 2.24) is 30.4 Å². The van der Waals surface area contributed by atoms with Gasteiger partial charge in [-0.2, -0.15) is 23.5 Å². The summed E-state index contributed by atoms with van der Waals surface area (Å²) < 4.78 is 120. The molecule has 380 valence electrons. The molecule has 72 heavy (non-hydrogen) atoms. The minimum absolute atomic E-state index is 0.127. The number of carboxylic acid groups (broad SMARTS) is 3. The Morgan fingerprint density at radius 1 is 0.569 bits per heavy atom. The summed E-state index contributed by atoms with van der Waals surface area (Å²) in [6, 6.07) is 33.1. The molecular weight excluding hydrogens is 980 g/mol. The number of nitrogens with one attached hydrogen (secondary N) is 1. The molecule has 0 unspecified atom stereocenters. The molecule has 0 saturated heterocycles. The predicted molar refractivity (Wildman–Crippen MR) is 237 cm³/mol. The first-order chi connectivity index (χ1) is 33.8. The number of alkyl halides is 9. The molecule has 7 rings (SSSR count). The number of aromatic amines is 1. The van der Waals surface area contributed by atoms with E-state index < -0.39 is 36.8 Å². The number of benzene rings is 5. The maximum absolute atomic E-state index is 12.4. The van der Waals surface area contributed by atoms with Crippen LogP contribution in [-0.2, 0) is 24.4 Å². The maximum atomic E-state index is 12.4. The Labute approximate surface area is 401 Å². The van der Waals surface area contributed by atoms with Crippen molar-refractivity contribution < 1.29 is 83.4 Å². The van der Waals surface area contributed by atoms with Crippen LogP contribution in [0.5, 0.6) is 17.2 Å². The highest BCUT2D eigenvalue weighted by Gasteiger charge is 2.38. The van der Waals surface area contributed by atoms with Crippen LogP contribution < -0.4 is 24.0 Å². The second-order valence-electron chi connectivity index (χ2n) is 14.9. The second kappa shape index (κ2) is 23.2. The number of anilines is 2. The van der Waals surface area contributed by atoms with E-state index in [4.69, 9.17) is 19.7 Å². The highest BCUT2D eigenvalue weighted by molar-refractivity contribution is 5.87. The van der Waals surface area contributed by atoms with Gasteiger partial charge >= 0.3 is 36.8 Å². The van der Waals surface area contributed by atoms with Crippen molar-refractivity contribution in [3.8, 4) is 39.5 Å². The first-order valence-corrected chi connectivity index (χ1v) is 20.4. The fourth-order valence-corrected chi connectivity index (χ4v) is 6.37. The molecule has 0 amide bonds. The Morgan fingerprint density at radius 2 is 0.958 bits per heavy atom. The van der Waals surface area contributed by atoms with Crippen LogP contribution in [0.25, 0.3) is 22.3 Å². The van der Waals surface area contributed by atoms with Gasteiger partial charge in [0.1, 0.15) is 22.9 Å². The second-order valence-corrected chi connectivity index (χ2v) is 14.9. The molecule has 0 bridgehead atoms. The third-order valence-electron chi connectivity index (χ3n) is 9.83. The number of halogens is 9. The summed E-state index contributed by atoms with van der Waals surface area (Å²) >= 11 is 0. The molecule has 0 aliphatic carbocycles. The zero-order chi connectivity index (χ0) is 53.0. The molecule has 17 nitrogen and oxygen atoms in total. The number of H-pyrrole nitrogens is 1. The molecule has 0 saturated carbocycles. The lowest BCUT2D eigenvalue weighted by Crippen LogP contribution is -2.21. The van der Waals surface area contributed by atoms with Crippen molar-refractivity contribution in [1.29, 1.82) is 0 Å². The van der Waals surface area contributed by atoms with E-state index >= 15 is 0 Å². The standard InChI is InChI=1S/C26H23F3N4O4.C18H15F3N4O3.C2HF3O2/c1-32(20-9-5-18(6-10-20)19-7-13-22(14-8-19)37-26(27,28)29)16-23-24(25(34)35)30-31-33(23)15-17-3-11-21(36-2)12-4-17;1-25(10-15-16(17(26)27)23-24-22-15)13-6-2-11(3-7-13)12-4-8-14(9-5-12)28-18(19,20)21;3-2(4,5)1(6)7/h3-14H,15-16H2,1-2H3,(H,34,35);2-9H,10H2,1H3,(H,26,27)(H,22,23,24);(H,6,7). The zero-order valence-electron chi connectivity index (χ0n) is 37.5. The average Bonchev–Trinajstić information content (AvgIpc) is 3.96. The molecule has 7 aromatic rings. The van der Waals surface area contributed by atoms with Crippen molar-refractivity contribution in [2.75, 3.05) is 31.0 Å². The van der Waals surface area contributed by atoms with Crippen molar-refractivity contribution >= 4 is 29.3 Å². The van der Waals surface area contributed by atoms with E-state index in [9.17, 15) is 54.2 Å². The smallest absolute Gasteiger partial charge is 0.497 e. The van der Waals surface area contributed by atoms with E-state index in [-0.39, 0.29) is 36.0 Å². The normalized spacial score (nSPS) is 11.3. The van der Waals surface area contributed by atoms with Crippen LogP contribution in [0.4, 0.5) is 50.9 Å². The summed E-state index contributed by atoms with van der Waals surface area (Å²) in [6.45, 7) is 0.801. The summed E-state index contributed by atoms with van der Waals surface area (Å²) in [7, 11) is 5.17. The molecule has 0 atom stereocenters. The van der Waals surface area contributed by atoms with Crippen LogP contribution in [0.2, 0.25) is 0 Å². The van der Waals surface area contributed by atoms with Crippen LogP contribution in [0.1, 0.15) is 37.9 Å². The third-order valence-corrected chi connectivity index (χ3v) is 9.83. The number of aromatic carboxylic acids is 2. The molecule has 0 radical (unpaired) electrons. The van der Waals surface area contributed by atoms with Gasteiger partial charge in [-0.15, -0.1) is 36.5 Å². The van der Waals surface area contributed by atoms with Crippen molar-refractivity contribution in [3.05, 3.63) is 150 Å². The Kier molecular flexibility index (Phi) is 17.4. The fraction of sp³-hybridized carbons (Fsp3) is 0.196. The molecule has 0 aliphatic rings. The van der Waals surface area contributed by atoms with Gasteiger partial charge in [-0.1, -0.05) is 65.9 Å². The SMILES string of the molecule is CN(Cc1n[nH]nc1C(=O)O)c1ccc(-c2ccc(OC(F)(F)F)cc2)cc1.COc1ccc(Cn2nnc(C(=O)O)c2CN(C)c2ccc(-c3ccc(OC(F)(F)F)cc3)cc2)cc1.O=C(O)C(F)(F)F. The summed E-state index contributed by atoms with van der Waals surface area (Å²) in [5, 5.41) is 43.5. The van der Waals surface area contributed by atoms with E-state index in [0.717, 1.165) is 39.2 Å². The number of hydrogen-bond acceptors (Lipinski definition) is 12. The van der Waals surface area contributed by atoms with Gasteiger partial charge in [0.05, 0.1) is 32.4 Å². The fourth-order valence-electron chi connectivity index (χ4n) is 6.37. The number of hydrogen-bond donors (Lipinski definition) is 4. The third kappa shape index (κ3) is 15.9. The number of aromatic nitrogens is 6. The number of ether oxygens (including phenoxy) is 3. The monoisotopic (exact) mass is 1020 g/mol. The predicted octanol–water partition coefficient (Wildman–Crippen LogP) is 9.57. The largest absolute Gasteiger partial charge is 0.573 e. The first kappa shape index (κ1) is 54.1. The van der Waals surface area contributed by atoms with Crippen molar-refractivity contribution in [2.24, 2.45) is 0 Å². The van der Waals surface area contributed by atoms with Gasteiger partial charge in [0.15, 0.2) is 11.4 Å². The molecule has 0 spiro atoms. The summed E-state index contributed by atoms with van der Waals surface area (Å²) in [6.07, 6.45) is -14.5. The Hall–Kier alpha value is -8.84. The lowest BCUT2D eigenvalue weighted by Gasteiger charge is -2.20. The zero-order valence-corrected chi connectivity index (χ0v) is 37.5. The summed E-state index contributed by atoms with van der Waals surface area (Å²) in [5.41, 5.74) is 6.05. The highest BCUT2D eigenvalue weighted by atomic mass is 19.4. The number of aliphatic carboxylic acids is 1. The van der Waals surface area contributed by atoms with Crippen LogP contribution in [0, 0.1) is 0 Å². The quantitative estimate of drug-likeness (QED) is 0.0703. The lowest BCUT2D eigenvalue weighted by molar-refractivity contribution is -0.275. The topological polar surface area (TPSA) is 218 Å². The molecule has 0 fully saturated rings. The van der Waals surface area contributed by atoms with Gasteiger partial charge in [0.2, 0.25) is 0 Å². The van der Waals surface area contributed by atoms with Crippen LogP contribution in [-0.4, -0.2) is 104 Å². The maximum Gasteiger partial charge on any atom is 0.573 e. The number of carbonyl (C=O) groups is 3. The Morgan fingerprint density at radius 3 is 1.33 bits per heavy atom. The minimum Gasteiger partial charge on any atom is -0.497 e. The molecule has 26 heteroatoms. The van der Waals surface area contributed by atoms with Gasteiger partial charge in [-0.3, -0.25) is 0 Å². The van der Waals surface area contributed by atoms with E-state index in [1.54, 1.807) is 35.9 Å². The van der Waals surface area contributed by atoms with Gasteiger partial charge in [0.25, 0.3) is 0 Å². The van der Waals surface area contributed by atoms with Crippen LogP contribution in [0.3, 0.4) is 0 Å². The highest BCUT2D eigenvalue weighted by Crippen LogP contribution is 2.30. The Bertz CT molecular complexity index is 2890. The Balaban J connectivity index is 0.000000243. The first-order valence-electron chi connectivity index (χ1n) is 20.4. The molecule has 0 aliphatic heterocycles. The number of carboxylic acids is 3. The van der Waals surface area contributed by atoms with E-state index in [0.29, 0.717) is 23.7 Å². The van der Waals surface area contributed by atoms with Crippen LogP contribution >= 0.6 is 0 Å². The molecular formula is C46H39F9N8O9. The van der Waals surface area contributed by atoms with Crippen LogP contribution in [0.15, 0.2) is 121 Å². The van der Waals surface area contributed by atoms with Crippen molar-refractivity contribution in [3.63, 3.8) is 0 Å². The molecule has 2 heterocycles. The van der Waals surface area contributed by atoms with E-state index in [1.807, 2.05) is 84.7 Å². The van der Waals surface area contributed by atoms with Gasteiger partial charge in [-0.25, -0.2) is 19.1 Å². The average molecular weight is 1020 g/mol. The lowest BCUT2D eigenvalue weighted by atomic mass is 10.1. The minimum atomic E-state index is -5.08. The summed E-state index contributed by atoms with van der Waals surface area (Å²) in [5.74, 6) is -4.95. The number of methoxy groups -OCH3 is 1. The van der Waals surface area contributed by atoms with Gasteiger partial charge < -0.3 is 39.3 Å². The summed E-state index contributed by atoms with van der Waals surface area (Å²) in [4.78, 5) is 35.4. The number of rotatable bonds is 15. The molecule has 5 aromatic carbocycles. The van der Waals surface area contributed by atoms with E-state index in [2.05, 4.69) is 35.2 Å². The van der Waals surface area contributed by atoms with Gasteiger partial charge in [0, 0.05) is 25.5 Å². The molecule has 4 N–H and O–H groups in total. The van der Waals surface area contributed by atoms with Crippen molar-refractivity contribution in [2.45, 2.75) is 38.5 Å².